The smallest absolute Gasteiger partial charge is 0.0645 e. The second-order valence-electron chi connectivity index (χ2n) is 4.08. The highest BCUT2D eigenvalue weighted by molar-refractivity contribution is 6.30. The summed E-state index contributed by atoms with van der Waals surface area (Å²) < 4.78 is 5.22. The van der Waals surface area contributed by atoms with Crippen LogP contribution >= 0.6 is 11.6 Å². The molecule has 0 radical (unpaired) electrons. The summed E-state index contributed by atoms with van der Waals surface area (Å²) in [7, 11) is 0. The van der Waals surface area contributed by atoms with Crippen LogP contribution in [0.4, 0.5) is 0 Å². The molecule has 1 aromatic rings. The summed E-state index contributed by atoms with van der Waals surface area (Å²) in [5.41, 5.74) is 6.85. The van der Waals surface area contributed by atoms with Crippen LogP contribution in [0.3, 0.4) is 0 Å². The minimum absolute atomic E-state index is 0.516. The number of ether oxygens (including phenoxy) is 1. The van der Waals surface area contributed by atoms with E-state index in [9.17, 15) is 0 Å². The van der Waals surface area contributed by atoms with Gasteiger partial charge in [-0.05, 0) is 17.7 Å². The first-order valence-corrected chi connectivity index (χ1v) is 5.93. The van der Waals surface area contributed by atoms with Crippen LogP contribution in [-0.2, 0) is 11.3 Å². The van der Waals surface area contributed by atoms with Crippen molar-refractivity contribution in [2.75, 3.05) is 26.3 Å². The van der Waals surface area contributed by atoms with Crippen LogP contribution in [0, 0.1) is 0 Å². The largest absolute Gasteiger partial charge is 0.378 e. The van der Waals surface area contributed by atoms with Crippen molar-refractivity contribution in [1.29, 1.82) is 0 Å². The summed E-state index contributed by atoms with van der Waals surface area (Å²) in [5, 5.41) is 0.787. The molecule has 2 N–H and O–H groups in total. The third-order valence-electron chi connectivity index (χ3n) is 2.83. The van der Waals surface area contributed by atoms with Crippen molar-refractivity contribution in [3.63, 3.8) is 0 Å². The Morgan fingerprint density at radius 3 is 2.81 bits per heavy atom. The number of nitrogens with two attached hydrogens (primary N) is 1. The Bertz CT molecular complexity index is 342. The third-order valence-corrected chi connectivity index (χ3v) is 3.06. The van der Waals surface area contributed by atoms with E-state index in [2.05, 4.69) is 11.0 Å². The van der Waals surface area contributed by atoms with E-state index in [1.165, 1.54) is 5.56 Å². The highest BCUT2D eigenvalue weighted by atomic mass is 35.5. The fourth-order valence-electron chi connectivity index (χ4n) is 1.86. The summed E-state index contributed by atoms with van der Waals surface area (Å²) in [4.78, 5) is 2.36. The summed E-state index contributed by atoms with van der Waals surface area (Å²) >= 11 is 5.96. The molecule has 0 spiro atoms. The van der Waals surface area contributed by atoms with Gasteiger partial charge in [0, 0.05) is 24.7 Å². The highest BCUT2D eigenvalue weighted by Gasteiger charge is 2.25. The lowest BCUT2D eigenvalue weighted by Crippen LogP contribution is -2.50. The van der Waals surface area contributed by atoms with Gasteiger partial charge in [-0.3, -0.25) is 4.90 Å². The van der Waals surface area contributed by atoms with Crippen molar-refractivity contribution in [2.45, 2.75) is 12.6 Å². The molecule has 16 heavy (non-hydrogen) atoms. The Morgan fingerprint density at radius 2 is 2.25 bits per heavy atom. The molecule has 0 atom stereocenters. The van der Waals surface area contributed by atoms with Crippen LogP contribution in [0.25, 0.3) is 0 Å². The lowest BCUT2D eigenvalue weighted by Gasteiger charge is -2.37. The molecule has 4 heteroatoms. The summed E-state index contributed by atoms with van der Waals surface area (Å²) in [6, 6.07) is 8.49. The van der Waals surface area contributed by atoms with Gasteiger partial charge < -0.3 is 10.5 Å². The topological polar surface area (TPSA) is 38.5 Å². The fraction of sp³-hybridized carbons (Fsp3) is 0.500. The zero-order valence-corrected chi connectivity index (χ0v) is 9.99. The monoisotopic (exact) mass is 240 g/mol. The summed E-state index contributed by atoms with van der Waals surface area (Å²) in [6.45, 7) is 4.12. The predicted molar refractivity (Wildman–Crippen MR) is 65.5 cm³/mol. The van der Waals surface area contributed by atoms with Crippen molar-refractivity contribution < 1.29 is 4.74 Å². The van der Waals surface area contributed by atoms with Crippen molar-refractivity contribution in [2.24, 2.45) is 5.73 Å². The first kappa shape index (κ1) is 11.9. The average molecular weight is 241 g/mol. The molecule has 1 aromatic carbocycles. The first-order chi connectivity index (χ1) is 7.79. The van der Waals surface area contributed by atoms with Crippen molar-refractivity contribution in [1.82, 2.24) is 4.90 Å². The molecule has 1 fully saturated rings. The van der Waals surface area contributed by atoms with Gasteiger partial charge in [0.2, 0.25) is 0 Å². The maximum atomic E-state index is 5.96. The molecule has 0 aliphatic carbocycles. The third kappa shape index (κ3) is 2.95. The van der Waals surface area contributed by atoms with Crippen LogP contribution in [0.2, 0.25) is 5.02 Å². The number of rotatable bonds is 5. The number of hydrogen-bond acceptors (Lipinski definition) is 3. The molecule has 88 valence electrons. The van der Waals surface area contributed by atoms with E-state index in [4.69, 9.17) is 22.1 Å². The van der Waals surface area contributed by atoms with E-state index >= 15 is 0 Å². The van der Waals surface area contributed by atoms with Gasteiger partial charge in [0.25, 0.3) is 0 Å². The minimum atomic E-state index is 0.516. The van der Waals surface area contributed by atoms with E-state index < -0.39 is 0 Å². The molecule has 1 aliphatic heterocycles. The van der Waals surface area contributed by atoms with Gasteiger partial charge in [0.05, 0.1) is 19.3 Å². The van der Waals surface area contributed by atoms with E-state index in [0.717, 1.165) is 31.3 Å². The molecule has 0 aromatic heterocycles. The lowest BCUT2D eigenvalue weighted by atomic mass is 10.1. The van der Waals surface area contributed by atoms with Crippen molar-refractivity contribution in [3.05, 3.63) is 34.9 Å². The van der Waals surface area contributed by atoms with Crippen LogP contribution in [-0.4, -0.2) is 37.2 Å². The van der Waals surface area contributed by atoms with Gasteiger partial charge in [-0.15, -0.1) is 0 Å². The van der Waals surface area contributed by atoms with E-state index in [1.54, 1.807) is 0 Å². The number of hydrogen-bond donors (Lipinski definition) is 1. The van der Waals surface area contributed by atoms with Crippen molar-refractivity contribution >= 4 is 11.6 Å². The lowest BCUT2D eigenvalue weighted by molar-refractivity contribution is -0.0669. The maximum Gasteiger partial charge on any atom is 0.0645 e. The van der Waals surface area contributed by atoms with Gasteiger partial charge in [-0.1, -0.05) is 23.7 Å². The molecule has 3 nitrogen and oxygen atoms in total. The first-order valence-electron chi connectivity index (χ1n) is 5.56. The minimum Gasteiger partial charge on any atom is -0.378 e. The van der Waals surface area contributed by atoms with E-state index in [-0.39, 0.29) is 0 Å². The zero-order chi connectivity index (χ0) is 11.4. The van der Waals surface area contributed by atoms with E-state index in [0.29, 0.717) is 12.6 Å². The predicted octanol–water partition coefficient (Wildman–Crippen LogP) is 1.50. The Balaban J connectivity index is 1.98. The molecule has 1 heterocycles. The van der Waals surface area contributed by atoms with Crippen LogP contribution in [0.1, 0.15) is 5.56 Å². The standard InChI is InChI=1S/C12H17ClN2O/c13-11-3-1-2-10(6-11)7-15(5-4-14)12-8-16-9-12/h1-3,6,12H,4-5,7-9,14H2. The second-order valence-corrected chi connectivity index (χ2v) is 4.52. The molecular weight excluding hydrogens is 224 g/mol. The van der Waals surface area contributed by atoms with Crippen LogP contribution in [0.15, 0.2) is 24.3 Å². The Morgan fingerprint density at radius 1 is 1.44 bits per heavy atom. The second kappa shape index (κ2) is 5.64. The summed E-state index contributed by atoms with van der Waals surface area (Å²) in [5.74, 6) is 0. The number of nitrogens with zero attached hydrogens (tertiary/aromatic N) is 1. The maximum absolute atomic E-state index is 5.96. The molecule has 1 aliphatic rings. The number of benzene rings is 1. The molecule has 1 saturated heterocycles. The molecule has 0 unspecified atom stereocenters. The Labute approximate surface area is 101 Å². The molecule has 0 bridgehead atoms. The van der Waals surface area contributed by atoms with Crippen LogP contribution < -0.4 is 5.73 Å². The van der Waals surface area contributed by atoms with Crippen molar-refractivity contribution in [3.8, 4) is 0 Å². The van der Waals surface area contributed by atoms with Gasteiger partial charge in [0.1, 0.15) is 0 Å². The quantitative estimate of drug-likeness (QED) is 0.848. The van der Waals surface area contributed by atoms with E-state index in [1.807, 2.05) is 18.2 Å². The molecule has 0 saturated carbocycles. The summed E-state index contributed by atoms with van der Waals surface area (Å²) in [6.07, 6.45) is 0. The zero-order valence-electron chi connectivity index (χ0n) is 9.23. The Kier molecular flexibility index (Phi) is 4.18. The van der Waals surface area contributed by atoms with Crippen LogP contribution in [0.5, 0.6) is 0 Å². The van der Waals surface area contributed by atoms with Gasteiger partial charge in [-0.25, -0.2) is 0 Å². The van der Waals surface area contributed by atoms with Gasteiger partial charge in [0.15, 0.2) is 0 Å². The SMILES string of the molecule is NCCN(Cc1cccc(Cl)c1)C1COC1. The van der Waals surface area contributed by atoms with Gasteiger partial charge in [-0.2, -0.15) is 0 Å². The molecular formula is C12H17ClN2O. The molecule has 0 amide bonds. The highest BCUT2D eigenvalue weighted by Crippen LogP contribution is 2.16. The number of halogens is 1. The fourth-order valence-corrected chi connectivity index (χ4v) is 2.07. The normalized spacial score (nSPS) is 16.4. The van der Waals surface area contributed by atoms with Gasteiger partial charge >= 0.3 is 0 Å². The Hall–Kier alpha value is -0.610. The molecule has 2 rings (SSSR count). The average Bonchev–Trinajstić information content (AvgIpc) is 2.15.